The first-order chi connectivity index (χ1) is 9.24. The minimum Gasteiger partial charge on any atom is -0.353 e. The monoisotopic (exact) mass is 261 g/mol. The maximum absolute atomic E-state index is 4.77. The molecule has 0 aliphatic carbocycles. The minimum absolute atomic E-state index is 0.847. The Hall–Kier alpha value is -1.35. The molecule has 1 N–H and O–H groups in total. The van der Waals surface area contributed by atoms with Gasteiger partial charge in [0.15, 0.2) is 0 Å². The molecule has 106 valence electrons. The van der Waals surface area contributed by atoms with Gasteiger partial charge < -0.3 is 10.2 Å². The van der Waals surface area contributed by atoms with Crippen molar-refractivity contribution in [1.82, 2.24) is 10.3 Å². The van der Waals surface area contributed by atoms with E-state index in [0.29, 0.717) is 0 Å². The Morgan fingerprint density at radius 1 is 1.32 bits per heavy atom. The van der Waals surface area contributed by atoms with Crippen molar-refractivity contribution in [3.63, 3.8) is 0 Å². The molecule has 19 heavy (non-hydrogen) atoms. The summed E-state index contributed by atoms with van der Waals surface area (Å²) in [6.07, 6.45) is 4.10. The SMILES string of the molecule is C=CCN(CC)c1cc(CNCC)cc(CCC)n1. The second-order valence-electron chi connectivity index (χ2n) is 4.68. The topological polar surface area (TPSA) is 28.2 Å². The third-order valence-corrected chi connectivity index (χ3v) is 3.07. The summed E-state index contributed by atoms with van der Waals surface area (Å²) in [5.74, 6) is 1.07. The molecule has 0 bridgehead atoms. The summed E-state index contributed by atoms with van der Waals surface area (Å²) in [6, 6.07) is 4.41. The van der Waals surface area contributed by atoms with Gasteiger partial charge in [-0.2, -0.15) is 0 Å². The van der Waals surface area contributed by atoms with Gasteiger partial charge in [-0.3, -0.25) is 0 Å². The third kappa shape index (κ3) is 5.03. The van der Waals surface area contributed by atoms with Crippen LogP contribution >= 0.6 is 0 Å². The molecule has 3 nitrogen and oxygen atoms in total. The average Bonchev–Trinajstić information content (AvgIpc) is 2.42. The summed E-state index contributed by atoms with van der Waals surface area (Å²) in [5.41, 5.74) is 2.51. The number of nitrogens with zero attached hydrogens (tertiary/aromatic N) is 2. The van der Waals surface area contributed by atoms with Crippen LogP contribution in [0.4, 0.5) is 5.82 Å². The van der Waals surface area contributed by atoms with Crippen LogP contribution in [0.5, 0.6) is 0 Å². The van der Waals surface area contributed by atoms with Crippen molar-refractivity contribution < 1.29 is 0 Å². The van der Waals surface area contributed by atoms with E-state index in [4.69, 9.17) is 4.98 Å². The van der Waals surface area contributed by atoms with Crippen LogP contribution < -0.4 is 10.2 Å². The Morgan fingerprint density at radius 3 is 2.68 bits per heavy atom. The normalized spacial score (nSPS) is 10.5. The number of nitrogens with one attached hydrogen (secondary N) is 1. The third-order valence-electron chi connectivity index (χ3n) is 3.07. The van der Waals surface area contributed by atoms with Gasteiger partial charge in [-0.1, -0.05) is 26.3 Å². The van der Waals surface area contributed by atoms with Crippen LogP contribution in [-0.2, 0) is 13.0 Å². The summed E-state index contributed by atoms with van der Waals surface area (Å²) in [6.45, 7) is 14.0. The number of anilines is 1. The smallest absolute Gasteiger partial charge is 0.129 e. The lowest BCUT2D eigenvalue weighted by molar-refractivity contribution is 0.721. The number of hydrogen-bond acceptors (Lipinski definition) is 3. The number of likely N-dealkylation sites (N-methyl/N-ethyl adjacent to an activating group) is 1. The van der Waals surface area contributed by atoms with Crippen LogP contribution in [0.1, 0.15) is 38.4 Å². The largest absolute Gasteiger partial charge is 0.353 e. The quantitative estimate of drug-likeness (QED) is 0.692. The molecule has 0 aliphatic heterocycles. The van der Waals surface area contributed by atoms with Gasteiger partial charge in [0, 0.05) is 25.3 Å². The predicted molar refractivity (Wildman–Crippen MR) is 83.7 cm³/mol. The van der Waals surface area contributed by atoms with E-state index in [0.717, 1.165) is 44.8 Å². The van der Waals surface area contributed by atoms with Gasteiger partial charge in [-0.15, -0.1) is 6.58 Å². The summed E-state index contributed by atoms with van der Waals surface area (Å²) in [7, 11) is 0. The first-order valence-corrected chi connectivity index (χ1v) is 7.31. The van der Waals surface area contributed by atoms with Crippen molar-refractivity contribution in [1.29, 1.82) is 0 Å². The number of pyridine rings is 1. The minimum atomic E-state index is 0.847. The highest BCUT2D eigenvalue weighted by Crippen LogP contribution is 2.16. The van der Waals surface area contributed by atoms with Gasteiger partial charge in [0.2, 0.25) is 0 Å². The van der Waals surface area contributed by atoms with E-state index in [1.807, 2.05) is 6.08 Å². The fourth-order valence-corrected chi connectivity index (χ4v) is 2.09. The van der Waals surface area contributed by atoms with Crippen molar-refractivity contribution >= 4 is 5.82 Å². The highest BCUT2D eigenvalue weighted by Gasteiger charge is 2.08. The van der Waals surface area contributed by atoms with E-state index in [-0.39, 0.29) is 0 Å². The summed E-state index contributed by atoms with van der Waals surface area (Å²) in [4.78, 5) is 7.02. The van der Waals surface area contributed by atoms with E-state index in [2.05, 4.69) is 49.7 Å². The lowest BCUT2D eigenvalue weighted by atomic mass is 10.1. The zero-order valence-electron chi connectivity index (χ0n) is 12.6. The van der Waals surface area contributed by atoms with Crippen molar-refractivity contribution in [3.8, 4) is 0 Å². The van der Waals surface area contributed by atoms with E-state index in [1.54, 1.807) is 0 Å². The van der Waals surface area contributed by atoms with Crippen LogP contribution in [0.3, 0.4) is 0 Å². The van der Waals surface area contributed by atoms with Gasteiger partial charge in [-0.05, 0) is 37.6 Å². The fourth-order valence-electron chi connectivity index (χ4n) is 2.09. The average molecular weight is 261 g/mol. The Balaban J connectivity index is 2.99. The predicted octanol–water partition coefficient (Wildman–Crippen LogP) is 3.16. The van der Waals surface area contributed by atoms with E-state index < -0.39 is 0 Å². The molecule has 0 spiro atoms. The second kappa shape index (κ2) is 8.70. The molecule has 0 atom stereocenters. The molecule has 0 aliphatic rings. The van der Waals surface area contributed by atoms with Crippen LogP contribution in [-0.4, -0.2) is 24.6 Å². The lowest BCUT2D eigenvalue weighted by Gasteiger charge is -2.21. The van der Waals surface area contributed by atoms with E-state index >= 15 is 0 Å². The van der Waals surface area contributed by atoms with Gasteiger partial charge in [0.1, 0.15) is 5.82 Å². The van der Waals surface area contributed by atoms with E-state index in [9.17, 15) is 0 Å². The molecular weight excluding hydrogens is 234 g/mol. The van der Waals surface area contributed by atoms with Crippen LogP contribution in [0.2, 0.25) is 0 Å². The highest BCUT2D eigenvalue weighted by molar-refractivity contribution is 5.43. The maximum atomic E-state index is 4.77. The number of aryl methyl sites for hydroxylation is 1. The molecular formula is C16H27N3. The molecule has 0 amide bonds. The summed E-state index contributed by atoms with van der Waals surface area (Å²) in [5, 5.41) is 3.38. The molecule has 1 aromatic rings. The van der Waals surface area contributed by atoms with E-state index in [1.165, 1.54) is 11.3 Å². The molecule has 0 saturated heterocycles. The molecule has 0 unspecified atom stereocenters. The van der Waals surface area contributed by atoms with Crippen molar-refractivity contribution in [3.05, 3.63) is 36.0 Å². The van der Waals surface area contributed by atoms with Gasteiger partial charge in [0.25, 0.3) is 0 Å². The molecule has 1 aromatic heterocycles. The number of hydrogen-bond donors (Lipinski definition) is 1. The maximum Gasteiger partial charge on any atom is 0.129 e. The standard InChI is InChI=1S/C16H27N3/c1-5-9-15-11-14(13-17-7-3)12-16(18-15)19(8-4)10-6-2/h6,11-12,17H,2,5,7-10,13H2,1,3-4H3. The Morgan fingerprint density at radius 2 is 2.11 bits per heavy atom. The van der Waals surface area contributed by atoms with Crippen molar-refractivity contribution in [2.24, 2.45) is 0 Å². The first-order valence-electron chi connectivity index (χ1n) is 7.31. The Labute approximate surface area is 117 Å². The molecule has 0 aromatic carbocycles. The van der Waals surface area contributed by atoms with Crippen LogP contribution in [0, 0.1) is 0 Å². The number of rotatable bonds is 9. The molecule has 0 saturated carbocycles. The molecule has 0 radical (unpaired) electrons. The fraction of sp³-hybridized carbons (Fsp3) is 0.562. The zero-order chi connectivity index (χ0) is 14.1. The van der Waals surface area contributed by atoms with Gasteiger partial charge in [-0.25, -0.2) is 4.98 Å². The van der Waals surface area contributed by atoms with Crippen LogP contribution in [0.25, 0.3) is 0 Å². The van der Waals surface area contributed by atoms with Crippen molar-refractivity contribution in [2.75, 3.05) is 24.5 Å². The van der Waals surface area contributed by atoms with Crippen LogP contribution in [0.15, 0.2) is 24.8 Å². The van der Waals surface area contributed by atoms with Gasteiger partial charge in [0.05, 0.1) is 0 Å². The number of aromatic nitrogens is 1. The molecule has 0 fully saturated rings. The Bertz CT molecular complexity index is 388. The van der Waals surface area contributed by atoms with Crippen molar-refractivity contribution in [2.45, 2.75) is 40.2 Å². The highest BCUT2D eigenvalue weighted by atomic mass is 15.2. The first kappa shape index (κ1) is 15.7. The van der Waals surface area contributed by atoms with Gasteiger partial charge >= 0.3 is 0 Å². The molecule has 3 heteroatoms. The summed E-state index contributed by atoms with van der Waals surface area (Å²) < 4.78 is 0. The summed E-state index contributed by atoms with van der Waals surface area (Å²) >= 11 is 0. The zero-order valence-corrected chi connectivity index (χ0v) is 12.6. The second-order valence-corrected chi connectivity index (χ2v) is 4.68. The molecule has 1 rings (SSSR count). The Kier molecular flexibility index (Phi) is 7.19. The lowest BCUT2D eigenvalue weighted by Crippen LogP contribution is -2.24. The molecule has 1 heterocycles.